The van der Waals surface area contributed by atoms with Crippen LogP contribution in [0.25, 0.3) is 0 Å². The van der Waals surface area contributed by atoms with Gasteiger partial charge in [0, 0.05) is 6.61 Å². The zero-order valence-electron chi connectivity index (χ0n) is 7.04. The predicted molar refractivity (Wildman–Crippen MR) is 43.2 cm³/mol. The molecule has 0 spiro atoms. The average molecular weight is 154 g/mol. The van der Waals surface area contributed by atoms with E-state index in [9.17, 15) is 0 Å². The van der Waals surface area contributed by atoms with E-state index in [1.54, 1.807) is 6.26 Å². The topological polar surface area (TPSA) is 22.4 Å². The maximum atomic E-state index is 5.35. The highest BCUT2D eigenvalue weighted by Crippen LogP contribution is 2.03. The van der Waals surface area contributed by atoms with Crippen LogP contribution in [0, 0.1) is 5.92 Å². The van der Waals surface area contributed by atoms with Crippen molar-refractivity contribution in [2.24, 2.45) is 5.92 Å². The summed E-state index contributed by atoms with van der Waals surface area (Å²) in [6, 6.07) is 3.79. The van der Waals surface area contributed by atoms with Crippen LogP contribution >= 0.6 is 0 Å². The third-order valence-corrected chi connectivity index (χ3v) is 1.28. The summed E-state index contributed by atoms with van der Waals surface area (Å²) >= 11 is 0. The second-order valence-corrected chi connectivity index (χ2v) is 2.99. The van der Waals surface area contributed by atoms with E-state index >= 15 is 0 Å². The fourth-order valence-corrected chi connectivity index (χ4v) is 0.790. The van der Waals surface area contributed by atoms with E-state index in [0.717, 1.165) is 12.4 Å². The summed E-state index contributed by atoms with van der Waals surface area (Å²) in [6.07, 6.45) is 1.66. The summed E-state index contributed by atoms with van der Waals surface area (Å²) in [7, 11) is 0. The molecule has 1 aromatic heterocycles. The molecule has 2 nitrogen and oxygen atoms in total. The molecule has 0 bridgehead atoms. The Morgan fingerprint density at radius 1 is 1.55 bits per heavy atom. The Hall–Kier alpha value is -0.760. The molecule has 11 heavy (non-hydrogen) atoms. The number of furan rings is 1. The van der Waals surface area contributed by atoms with Crippen LogP contribution in [0.15, 0.2) is 22.8 Å². The van der Waals surface area contributed by atoms with E-state index < -0.39 is 0 Å². The van der Waals surface area contributed by atoms with Crippen molar-refractivity contribution in [3.63, 3.8) is 0 Å². The summed E-state index contributed by atoms with van der Waals surface area (Å²) in [5, 5.41) is 0. The van der Waals surface area contributed by atoms with Gasteiger partial charge in [0.25, 0.3) is 0 Å². The summed E-state index contributed by atoms with van der Waals surface area (Å²) < 4.78 is 10.4. The quantitative estimate of drug-likeness (QED) is 0.664. The molecule has 0 fully saturated rings. The Labute approximate surface area is 67.2 Å². The molecule has 0 aromatic carbocycles. The van der Waals surface area contributed by atoms with E-state index in [1.807, 2.05) is 12.1 Å². The summed E-state index contributed by atoms with van der Waals surface area (Å²) in [6.45, 7) is 5.64. The van der Waals surface area contributed by atoms with E-state index in [-0.39, 0.29) is 0 Å². The minimum Gasteiger partial charge on any atom is -0.467 e. The van der Waals surface area contributed by atoms with Gasteiger partial charge in [0.1, 0.15) is 12.4 Å². The van der Waals surface area contributed by atoms with Gasteiger partial charge in [-0.05, 0) is 18.1 Å². The van der Waals surface area contributed by atoms with Gasteiger partial charge >= 0.3 is 0 Å². The Morgan fingerprint density at radius 2 is 2.36 bits per heavy atom. The van der Waals surface area contributed by atoms with Crippen molar-refractivity contribution >= 4 is 0 Å². The van der Waals surface area contributed by atoms with Gasteiger partial charge in [-0.3, -0.25) is 0 Å². The third kappa shape index (κ3) is 3.23. The van der Waals surface area contributed by atoms with Crippen molar-refractivity contribution in [1.82, 2.24) is 0 Å². The van der Waals surface area contributed by atoms with E-state index in [1.165, 1.54) is 0 Å². The summed E-state index contributed by atoms with van der Waals surface area (Å²) in [5.74, 6) is 1.48. The molecule has 0 unspecified atom stereocenters. The monoisotopic (exact) mass is 154 g/mol. The van der Waals surface area contributed by atoms with Crippen molar-refractivity contribution in [1.29, 1.82) is 0 Å². The fourth-order valence-electron chi connectivity index (χ4n) is 0.790. The zero-order valence-corrected chi connectivity index (χ0v) is 7.04. The molecule has 1 heterocycles. The van der Waals surface area contributed by atoms with E-state index in [2.05, 4.69) is 13.8 Å². The van der Waals surface area contributed by atoms with Crippen LogP contribution in [0.4, 0.5) is 0 Å². The first-order valence-electron chi connectivity index (χ1n) is 3.89. The van der Waals surface area contributed by atoms with Gasteiger partial charge in [-0.15, -0.1) is 0 Å². The lowest BCUT2D eigenvalue weighted by atomic mass is 10.2. The molecule has 62 valence electrons. The standard InChI is InChI=1S/C9H14O2/c1-8(2)6-10-7-9-4-3-5-11-9/h3-5,8H,6-7H2,1-2H3. The molecule has 0 atom stereocenters. The molecule has 0 aliphatic rings. The predicted octanol–water partition coefficient (Wildman–Crippen LogP) is 2.45. The number of hydrogen-bond acceptors (Lipinski definition) is 2. The van der Waals surface area contributed by atoms with Crippen LogP contribution < -0.4 is 0 Å². The van der Waals surface area contributed by atoms with Gasteiger partial charge in [-0.25, -0.2) is 0 Å². The average Bonchev–Trinajstić information content (AvgIpc) is 2.39. The van der Waals surface area contributed by atoms with Gasteiger partial charge in [0.15, 0.2) is 0 Å². The highest BCUT2D eigenvalue weighted by Gasteiger charge is 1.96. The largest absolute Gasteiger partial charge is 0.467 e. The summed E-state index contributed by atoms with van der Waals surface area (Å²) in [4.78, 5) is 0. The van der Waals surface area contributed by atoms with E-state index in [0.29, 0.717) is 12.5 Å². The van der Waals surface area contributed by atoms with E-state index in [4.69, 9.17) is 9.15 Å². The van der Waals surface area contributed by atoms with Crippen molar-refractivity contribution in [3.05, 3.63) is 24.2 Å². The van der Waals surface area contributed by atoms with Crippen LogP contribution in [0.2, 0.25) is 0 Å². The van der Waals surface area contributed by atoms with Crippen molar-refractivity contribution in [3.8, 4) is 0 Å². The van der Waals surface area contributed by atoms with Gasteiger partial charge in [0.05, 0.1) is 6.26 Å². The van der Waals surface area contributed by atoms with Crippen molar-refractivity contribution in [2.75, 3.05) is 6.61 Å². The minimum atomic E-state index is 0.588. The SMILES string of the molecule is CC(C)COCc1ccco1. The summed E-state index contributed by atoms with van der Waals surface area (Å²) in [5.41, 5.74) is 0. The first kappa shape index (κ1) is 8.34. The highest BCUT2D eigenvalue weighted by atomic mass is 16.5. The molecule has 2 heteroatoms. The van der Waals surface area contributed by atoms with Crippen LogP contribution in [0.5, 0.6) is 0 Å². The lowest BCUT2D eigenvalue weighted by Crippen LogP contribution is -2.00. The van der Waals surface area contributed by atoms with Crippen molar-refractivity contribution < 1.29 is 9.15 Å². The molecule has 0 radical (unpaired) electrons. The fraction of sp³-hybridized carbons (Fsp3) is 0.556. The first-order chi connectivity index (χ1) is 5.29. The van der Waals surface area contributed by atoms with Crippen LogP contribution in [0.3, 0.4) is 0 Å². The lowest BCUT2D eigenvalue weighted by Gasteiger charge is -2.03. The van der Waals surface area contributed by atoms with Gasteiger partial charge < -0.3 is 9.15 Å². The maximum Gasteiger partial charge on any atom is 0.129 e. The molecule has 1 rings (SSSR count). The molecular weight excluding hydrogens is 140 g/mol. The second-order valence-electron chi connectivity index (χ2n) is 2.99. The Bertz CT molecular complexity index is 177. The van der Waals surface area contributed by atoms with Gasteiger partial charge in [-0.1, -0.05) is 13.8 Å². The first-order valence-corrected chi connectivity index (χ1v) is 3.89. The molecule has 0 saturated heterocycles. The third-order valence-electron chi connectivity index (χ3n) is 1.28. The molecular formula is C9H14O2. The molecule has 1 aromatic rings. The Balaban J connectivity index is 2.14. The lowest BCUT2D eigenvalue weighted by molar-refractivity contribution is 0.0846. The Kier molecular flexibility index (Phi) is 3.17. The molecule has 0 amide bonds. The van der Waals surface area contributed by atoms with Gasteiger partial charge in [0.2, 0.25) is 0 Å². The Morgan fingerprint density at radius 3 is 2.91 bits per heavy atom. The number of rotatable bonds is 4. The van der Waals surface area contributed by atoms with Crippen molar-refractivity contribution in [2.45, 2.75) is 20.5 Å². The number of hydrogen-bond donors (Lipinski definition) is 0. The van der Waals surface area contributed by atoms with Gasteiger partial charge in [-0.2, -0.15) is 0 Å². The normalized spacial score (nSPS) is 10.8. The molecule has 0 aliphatic carbocycles. The molecule has 0 aliphatic heterocycles. The molecule has 0 N–H and O–H groups in total. The zero-order chi connectivity index (χ0) is 8.10. The molecule has 0 saturated carbocycles. The smallest absolute Gasteiger partial charge is 0.129 e. The number of ether oxygens (including phenoxy) is 1. The van der Waals surface area contributed by atoms with Crippen LogP contribution in [-0.4, -0.2) is 6.61 Å². The van der Waals surface area contributed by atoms with Crippen LogP contribution in [0.1, 0.15) is 19.6 Å². The second kappa shape index (κ2) is 4.19. The minimum absolute atomic E-state index is 0.588. The highest BCUT2D eigenvalue weighted by molar-refractivity contribution is 4.95. The maximum absolute atomic E-state index is 5.35. The van der Waals surface area contributed by atoms with Crippen LogP contribution in [-0.2, 0) is 11.3 Å².